The number of thiophene rings is 1. The van der Waals surface area contributed by atoms with Crippen LogP contribution in [-0.4, -0.2) is 11.3 Å². The first kappa shape index (κ1) is 12.1. The maximum Gasteiger partial charge on any atom is 0.141 e. The lowest BCUT2D eigenvalue weighted by Gasteiger charge is -2.06. The van der Waals surface area contributed by atoms with Gasteiger partial charge in [0.25, 0.3) is 0 Å². The van der Waals surface area contributed by atoms with Crippen molar-refractivity contribution >= 4 is 27.8 Å². The second-order valence-corrected chi connectivity index (χ2v) is 6.12. The quantitative estimate of drug-likeness (QED) is 0.866. The van der Waals surface area contributed by atoms with Crippen molar-refractivity contribution in [2.45, 2.75) is 9.96 Å². The summed E-state index contributed by atoms with van der Waals surface area (Å²) in [5.74, 6) is 1.13. The van der Waals surface area contributed by atoms with Crippen LogP contribution in [0.3, 0.4) is 0 Å². The first-order chi connectivity index (χ1) is 8.20. The lowest BCUT2D eigenvalue weighted by atomic mass is 10.2. The van der Waals surface area contributed by atoms with Crippen molar-refractivity contribution in [2.24, 2.45) is 0 Å². The summed E-state index contributed by atoms with van der Waals surface area (Å²) in [4.78, 5) is 0. The van der Waals surface area contributed by atoms with E-state index in [2.05, 4.69) is 0 Å². The van der Waals surface area contributed by atoms with Crippen LogP contribution in [0.25, 0.3) is 0 Å². The molecule has 90 valence electrons. The molecule has 1 aromatic heterocycles. The SMILES string of the molecule is COc1ccc(CS(=O)c2cccs2)cc1N. The zero-order chi connectivity index (χ0) is 12.3. The predicted molar refractivity (Wildman–Crippen MR) is 71.8 cm³/mol. The molecule has 0 bridgehead atoms. The lowest BCUT2D eigenvalue weighted by Crippen LogP contribution is -1.97. The Bertz CT molecular complexity index is 523. The second-order valence-electron chi connectivity index (χ2n) is 3.50. The van der Waals surface area contributed by atoms with Gasteiger partial charge in [-0.2, -0.15) is 0 Å². The number of rotatable bonds is 4. The van der Waals surface area contributed by atoms with E-state index in [0.717, 1.165) is 9.77 Å². The molecule has 2 N–H and O–H groups in total. The van der Waals surface area contributed by atoms with Crippen LogP contribution in [0.1, 0.15) is 5.56 Å². The summed E-state index contributed by atoms with van der Waals surface area (Å²) in [7, 11) is 0.581. The molecule has 2 rings (SSSR count). The van der Waals surface area contributed by atoms with Gasteiger partial charge in [-0.25, -0.2) is 0 Å². The van der Waals surface area contributed by atoms with Gasteiger partial charge in [-0.15, -0.1) is 11.3 Å². The molecule has 0 spiro atoms. The molecule has 1 heterocycles. The Labute approximate surface area is 107 Å². The number of hydrogen-bond donors (Lipinski definition) is 1. The van der Waals surface area contributed by atoms with Crippen LogP contribution in [0.15, 0.2) is 39.9 Å². The van der Waals surface area contributed by atoms with Crippen LogP contribution in [0.4, 0.5) is 5.69 Å². The molecule has 0 amide bonds. The fourth-order valence-corrected chi connectivity index (χ4v) is 3.57. The van der Waals surface area contributed by atoms with E-state index in [1.54, 1.807) is 13.2 Å². The maximum absolute atomic E-state index is 12.0. The first-order valence-corrected chi connectivity index (χ1v) is 7.25. The van der Waals surface area contributed by atoms with Crippen molar-refractivity contribution < 1.29 is 8.95 Å². The van der Waals surface area contributed by atoms with Crippen LogP contribution in [0.2, 0.25) is 0 Å². The Morgan fingerprint density at radius 3 is 2.82 bits per heavy atom. The number of anilines is 1. The third-order valence-electron chi connectivity index (χ3n) is 2.31. The molecule has 0 fully saturated rings. The molecule has 2 aromatic rings. The third kappa shape index (κ3) is 2.87. The highest BCUT2D eigenvalue weighted by atomic mass is 32.2. The van der Waals surface area contributed by atoms with Gasteiger partial charge in [0.05, 0.1) is 33.6 Å². The summed E-state index contributed by atoms with van der Waals surface area (Å²) >= 11 is 1.51. The van der Waals surface area contributed by atoms with Gasteiger partial charge < -0.3 is 10.5 Å². The molecule has 0 saturated carbocycles. The van der Waals surface area contributed by atoms with E-state index in [1.807, 2.05) is 29.6 Å². The van der Waals surface area contributed by atoms with Gasteiger partial charge in [-0.05, 0) is 29.1 Å². The minimum atomic E-state index is -0.998. The zero-order valence-electron chi connectivity index (χ0n) is 9.38. The standard InChI is InChI=1S/C12H13NO2S2/c1-15-11-5-4-9(7-10(11)13)8-17(14)12-3-2-6-16-12/h2-7H,8,13H2,1H3. The summed E-state index contributed by atoms with van der Waals surface area (Å²) < 4.78 is 18.0. The van der Waals surface area contributed by atoms with Gasteiger partial charge in [0.15, 0.2) is 0 Å². The predicted octanol–water partition coefficient (Wildman–Crippen LogP) is 2.65. The summed E-state index contributed by atoms with van der Waals surface area (Å²) in [6.07, 6.45) is 0. The molecule has 0 aliphatic heterocycles. The molecule has 1 aromatic carbocycles. The number of benzene rings is 1. The third-order valence-corrected chi connectivity index (χ3v) is 5.00. The van der Waals surface area contributed by atoms with Crippen molar-refractivity contribution in [3.8, 4) is 5.75 Å². The lowest BCUT2D eigenvalue weighted by molar-refractivity contribution is 0.417. The summed E-state index contributed by atoms with van der Waals surface area (Å²) in [5, 5.41) is 1.93. The summed E-state index contributed by atoms with van der Waals surface area (Å²) in [6, 6.07) is 9.29. The fourth-order valence-electron chi connectivity index (χ4n) is 1.49. The molecule has 0 radical (unpaired) electrons. The Balaban J connectivity index is 2.14. The number of ether oxygens (including phenoxy) is 1. The highest BCUT2D eigenvalue weighted by Crippen LogP contribution is 2.24. The van der Waals surface area contributed by atoms with E-state index in [0.29, 0.717) is 17.2 Å². The first-order valence-electron chi connectivity index (χ1n) is 5.05. The van der Waals surface area contributed by atoms with E-state index >= 15 is 0 Å². The van der Waals surface area contributed by atoms with Crippen molar-refractivity contribution in [1.29, 1.82) is 0 Å². The Morgan fingerprint density at radius 2 is 2.24 bits per heavy atom. The minimum absolute atomic E-state index is 0.481. The zero-order valence-corrected chi connectivity index (χ0v) is 11.0. The van der Waals surface area contributed by atoms with Crippen LogP contribution >= 0.6 is 11.3 Å². The Morgan fingerprint density at radius 1 is 1.41 bits per heavy atom. The van der Waals surface area contributed by atoms with Gasteiger partial charge in [0, 0.05) is 0 Å². The highest BCUT2D eigenvalue weighted by Gasteiger charge is 2.07. The van der Waals surface area contributed by atoms with Gasteiger partial charge in [0.1, 0.15) is 5.75 Å². The van der Waals surface area contributed by atoms with Crippen LogP contribution in [-0.2, 0) is 16.6 Å². The highest BCUT2D eigenvalue weighted by molar-refractivity contribution is 7.86. The number of nitrogens with two attached hydrogens (primary N) is 1. The normalized spacial score (nSPS) is 12.3. The molecule has 3 nitrogen and oxygen atoms in total. The molecule has 0 saturated heterocycles. The van der Waals surface area contributed by atoms with Gasteiger partial charge in [-0.3, -0.25) is 4.21 Å². The van der Waals surface area contributed by atoms with Crippen molar-refractivity contribution in [3.63, 3.8) is 0 Å². The van der Waals surface area contributed by atoms with E-state index in [9.17, 15) is 4.21 Å². The molecular weight excluding hydrogens is 254 g/mol. The van der Waals surface area contributed by atoms with Crippen LogP contribution in [0, 0.1) is 0 Å². The number of nitrogen functional groups attached to an aromatic ring is 1. The van der Waals surface area contributed by atoms with Crippen molar-refractivity contribution in [3.05, 3.63) is 41.3 Å². The molecular formula is C12H13NO2S2. The van der Waals surface area contributed by atoms with Crippen molar-refractivity contribution in [2.75, 3.05) is 12.8 Å². The van der Waals surface area contributed by atoms with Gasteiger partial charge in [0.2, 0.25) is 0 Å². The van der Waals surface area contributed by atoms with Crippen LogP contribution in [0.5, 0.6) is 5.75 Å². The van der Waals surface area contributed by atoms with Gasteiger partial charge in [-0.1, -0.05) is 12.1 Å². The Kier molecular flexibility index (Phi) is 3.81. The molecule has 0 aliphatic rings. The van der Waals surface area contributed by atoms with E-state index < -0.39 is 10.8 Å². The summed E-state index contributed by atoms with van der Waals surface area (Å²) in [5.41, 5.74) is 7.34. The molecule has 1 unspecified atom stereocenters. The average Bonchev–Trinajstić information content (AvgIpc) is 2.82. The smallest absolute Gasteiger partial charge is 0.141 e. The van der Waals surface area contributed by atoms with E-state index in [1.165, 1.54) is 11.3 Å². The number of hydrogen-bond acceptors (Lipinski definition) is 4. The number of methoxy groups -OCH3 is 1. The fraction of sp³-hybridized carbons (Fsp3) is 0.167. The second kappa shape index (κ2) is 5.33. The molecule has 17 heavy (non-hydrogen) atoms. The minimum Gasteiger partial charge on any atom is -0.495 e. The van der Waals surface area contributed by atoms with E-state index in [4.69, 9.17) is 10.5 Å². The molecule has 0 aliphatic carbocycles. The van der Waals surface area contributed by atoms with E-state index in [-0.39, 0.29) is 0 Å². The van der Waals surface area contributed by atoms with Gasteiger partial charge >= 0.3 is 0 Å². The monoisotopic (exact) mass is 267 g/mol. The topological polar surface area (TPSA) is 52.3 Å². The summed E-state index contributed by atoms with van der Waals surface area (Å²) in [6.45, 7) is 0. The molecule has 5 heteroatoms. The average molecular weight is 267 g/mol. The largest absolute Gasteiger partial charge is 0.495 e. The molecule has 1 atom stereocenters. The Hall–Kier alpha value is -1.33. The van der Waals surface area contributed by atoms with Crippen LogP contribution < -0.4 is 10.5 Å². The maximum atomic E-state index is 12.0. The van der Waals surface area contributed by atoms with Crippen molar-refractivity contribution in [1.82, 2.24) is 0 Å².